The van der Waals surface area contributed by atoms with E-state index in [1.807, 2.05) is 6.92 Å². The Morgan fingerprint density at radius 1 is 0.825 bits per heavy atom. The smallest absolute Gasteiger partial charge is 0.264 e. The summed E-state index contributed by atoms with van der Waals surface area (Å²) in [6.45, 7) is 1.33. The SMILES string of the molecule is COc1ccc(S(=O)(=O)N(CC(=O)Nc2ccc(S(=O)(=O)Nc3ccc(C)cc3)cc2)c2cccc(Cl)c2)cc1. The highest BCUT2D eigenvalue weighted by Crippen LogP contribution is 2.27. The van der Waals surface area contributed by atoms with Crippen LogP contribution in [0, 0.1) is 6.92 Å². The number of aryl methyl sites for hydroxylation is 1. The van der Waals surface area contributed by atoms with Gasteiger partial charge >= 0.3 is 0 Å². The lowest BCUT2D eigenvalue weighted by Gasteiger charge is -2.24. The summed E-state index contributed by atoms with van der Waals surface area (Å²) < 4.78 is 61.1. The number of hydrogen-bond donors (Lipinski definition) is 2. The fourth-order valence-electron chi connectivity index (χ4n) is 3.71. The van der Waals surface area contributed by atoms with E-state index >= 15 is 0 Å². The van der Waals surface area contributed by atoms with Gasteiger partial charge in [0.05, 0.1) is 22.6 Å². The van der Waals surface area contributed by atoms with Crippen molar-refractivity contribution < 1.29 is 26.4 Å². The van der Waals surface area contributed by atoms with Crippen LogP contribution in [0.15, 0.2) is 107 Å². The van der Waals surface area contributed by atoms with E-state index in [9.17, 15) is 21.6 Å². The van der Waals surface area contributed by atoms with E-state index in [0.717, 1.165) is 9.87 Å². The summed E-state index contributed by atoms with van der Waals surface area (Å²) in [5.74, 6) is -0.170. The minimum atomic E-state index is -4.17. The number of benzene rings is 4. The zero-order valence-electron chi connectivity index (χ0n) is 21.5. The molecule has 4 rings (SSSR count). The van der Waals surface area contributed by atoms with Crippen molar-refractivity contribution in [3.63, 3.8) is 0 Å². The number of nitrogens with one attached hydrogen (secondary N) is 2. The van der Waals surface area contributed by atoms with Crippen LogP contribution in [0.25, 0.3) is 0 Å². The highest BCUT2D eigenvalue weighted by Gasteiger charge is 2.27. The van der Waals surface area contributed by atoms with Gasteiger partial charge in [-0.1, -0.05) is 35.4 Å². The molecule has 12 heteroatoms. The molecule has 0 aromatic heterocycles. The van der Waals surface area contributed by atoms with E-state index in [-0.39, 0.29) is 21.2 Å². The number of methoxy groups -OCH3 is 1. The molecular weight excluding hydrogens is 574 g/mol. The van der Waals surface area contributed by atoms with Gasteiger partial charge in [-0.05, 0) is 85.8 Å². The predicted octanol–water partition coefficient (Wildman–Crippen LogP) is 5.29. The van der Waals surface area contributed by atoms with E-state index in [1.165, 1.54) is 67.8 Å². The first-order chi connectivity index (χ1) is 19.0. The van der Waals surface area contributed by atoms with Crippen LogP contribution in [0.2, 0.25) is 5.02 Å². The molecule has 208 valence electrons. The molecule has 4 aromatic carbocycles. The normalized spacial score (nSPS) is 11.5. The second kappa shape index (κ2) is 12.0. The topological polar surface area (TPSA) is 122 Å². The molecule has 0 radical (unpaired) electrons. The summed E-state index contributed by atoms with van der Waals surface area (Å²) in [6.07, 6.45) is 0. The van der Waals surface area contributed by atoms with E-state index in [4.69, 9.17) is 16.3 Å². The Morgan fingerprint density at radius 3 is 2.02 bits per heavy atom. The van der Waals surface area contributed by atoms with Crippen molar-refractivity contribution in [2.45, 2.75) is 16.7 Å². The molecule has 0 aliphatic carbocycles. The third-order valence-electron chi connectivity index (χ3n) is 5.78. The Labute approximate surface area is 238 Å². The maximum Gasteiger partial charge on any atom is 0.264 e. The molecule has 0 atom stereocenters. The highest BCUT2D eigenvalue weighted by atomic mass is 35.5. The van der Waals surface area contributed by atoms with Crippen molar-refractivity contribution in [2.75, 3.05) is 28.0 Å². The number of anilines is 3. The lowest BCUT2D eigenvalue weighted by molar-refractivity contribution is -0.114. The summed E-state index contributed by atoms with van der Waals surface area (Å²) in [4.78, 5) is 13.0. The number of ether oxygens (including phenoxy) is 1. The number of sulfonamides is 2. The molecule has 0 saturated carbocycles. The Balaban J connectivity index is 1.53. The van der Waals surface area contributed by atoms with Gasteiger partial charge in [0.1, 0.15) is 12.3 Å². The minimum absolute atomic E-state index is 0.00582. The number of amides is 1. The predicted molar refractivity (Wildman–Crippen MR) is 156 cm³/mol. The zero-order valence-corrected chi connectivity index (χ0v) is 23.9. The average molecular weight is 600 g/mol. The molecule has 0 saturated heterocycles. The van der Waals surface area contributed by atoms with Crippen LogP contribution in [-0.4, -0.2) is 36.4 Å². The summed E-state index contributed by atoms with van der Waals surface area (Å²) in [5, 5.41) is 2.92. The van der Waals surface area contributed by atoms with Gasteiger partial charge in [0.25, 0.3) is 20.0 Å². The van der Waals surface area contributed by atoms with E-state index in [2.05, 4.69) is 10.0 Å². The van der Waals surface area contributed by atoms with Crippen LogP contribution in [0.3, 0.4) is 0 Å². The quantitative estimate of drug-likeness (QED) is 0.255. The van der Waals surface area contributed by atoms with Crippen molar-refractivity contribution >= 4 is 54.6 Å². The Bertz CT molecular complexity index is 1710. The standard InChI is InChI=1S/C28H26ClN3O6S2/c1-20-6-8-23(9-7-20)31-39(34,35)26-14-10-22(11-15-26)30-28(33)19-32(24-5-3-4-21(29)18-24)40(36,37)27-16-12-25(38-2)13-17-27/h3-18,31H,19H2,1-2H3,(H,30,33). The fraction of sp³-hybridized carbons (Fsp3) is 0.107. The van der Waals surface area contributed by atoms with Crippen LogP contribution >= 0.6 is 11.6 Å². The van der Waals surface area contributed by atoms with Gasteiger partial charge in [-0.3, -0.25) is 13.8 Å². The first kappa shape index (κ1) is 28.9. The number of carbonyl (C=O) groups is 1. The van der Waals surface area contributed by atoms with E-state index in [1.54, 1.807) is 36.4 Å². The van der Waals surface area contributed by atoms with Gasteiger partial charge in [0, 0.05) is 16.4 Å². The lowest BCUT2D eigenvalue weighted by atomic mass is 10.2. The summed E-state index contributed by atoms with van der Waals surface area (Å²) >= 11 is 6.11. The number of carbonyl (C=O) groups excluding carboxylic acids is 1. The number of hydrogen-bond acceptors (Lipinski definition) is 6. The summed E-state index contributed by atoms with van der Waals surface area (Å²) in [6, 6.07) is 24.3. The molecule has 0 spiro atoms. The zero-order chi connectivity index (χ0) is 28.9. The average Bonchev–Trinajstić information content (AvgIpc) is 2.93. The van der Waals surface area contributed by atoms with Crippen LogP contribution in [0.1, 0.15) is 5.56 Å². The van der Waals surface area contributed by atoms with Gasteiger partial charge in [-0.15, -0.1) is 0 Å². The van der Waals surface area contributed by atoms with Gasteiger partial charge in [0.2, 0.25) is 5.91 Å². The third-order valence-corrected chi connectivity index (χ3v) is 9.20. The molecule has 0 bridgehead atoms. The molecule has 0 aliphatic rings. The van der Waals surface area contributed by atoms with Crippen LogP contribution < -0.4 is 19.1 Å². The molecule has 2 N–H and O–H groups in total. The van der Waals surface area contributed by atoms with Crippen LogP contribution in [0.4, 0.5) is 17.1 Å². The molecule has 1 amide bonds. The molecular formula is C28H26ClN3O6S2. The molecule has 0 fully saturated rings. The van der Waals surface area contributed by atoms with Crippen molar-refractivity contribution in [1.82, 2.24) is 0 Å². The van der Waals surface area contributed by atoms with Crippen LogP contribution in [-0.2, 0) is 24.8 Å². The molecule has 0 unspecified atom stereocenters. The Kier molecular flexibility index (Phi) is 8.67. The maximum atomic E-state index is 13.5. The number of rotatable bonds is 10. The van der Waals surface area contributed by atoms with Crippen LogP contribution in [0.5, 0.6) is 5.75 Å². The molecule has 0 heterocycles. The second-order valence-corrected chi connectivity index (χ2v) is 12.7. The van der Waals surface area contributed by atoms with Crippen molar-refractivity contribution in [1.29, 1.82) is 0 Å². The molecule has 4 aromatic rings. The second-order valence-electron chi connectivity index (χ2n) is 8.71. The third kappa shape index (κ3) is 6.92. The van der Waals surface area contributed by atoms with Gasteiger partial charge in [0.15, 0.2) is 0 Å². The lowest BCUT2D eigenvalue weighted by Crippen LogP contribution is -2.38. The molecule has 9 nitrogen and oxygen atoms in total. The molecule has 0 aliphatic heterocycles. The number of halogens is 1. The Morgan fingerprint density at radius 2 is 1.43 bits per heavy atom. The highest BCUT2D eigenvalue weighted by molar-refractivity contribution is 7.93. The maximum absolute atomic E-state index is 13.5. The fourth-order valence-corrected chi connectivity index (χ4v) is 6.36. The largest absolute Gasteiger partial charge is 0.497 e. The van der Waals surface area contributed by atoms with E-state index < -0.39 is 32.5 Å². The summed E-state index contributed by atoms with van der Waals surface area (Å²) in [7, 11) is -6.56. The Hall–Kier alpha value is -4.06. The molecule has 40 heavy (non-hydrogen) atoms. The van der Waals surface area contributed by atoms with Gasteiger partial charge in [-0.25, -0.2) is 16.8 Å². The van der Waals surface area contributed by atoms with Crippen molar-refractivity contribution in [3.05, 3.63) is 108 Å². The van der Waals surface area contributed by atoms with Crippen molar-refractivity contribution in [2.24, 2.45) is 0 Å². The minimum Gasteiger partial charge on any atom is -0.497 e. The monoisotopic (exact) mass is 599 g/mol. The van der Waals surface area contributed by atoms with E-state index in [0.29, 0.717) is 16.5 Å². The van der Waals surface area contributed by atoms with Gasteiger partial charge in [-0.2, -0.15) is 0 Å². The summed E-state index contributed by atoms with van der Waals surface area (Å²) in [5.41, 5.74) is 1.89. The first-order valence-corrected chi connectivity index (χ1v) is 15.2. The van der Waals surface area contributed by atoms with Crippen molar-refractivity contribution in [3.8, 4) is 5.75 Å². The first-order valence-electron chi connectivity index (χ1n) is 11.9. The van der Waals surface area contributed by atoms with Gasteiger partial charge < -0.3 is 10.1 Å². The number of nitrogens with zero attached hydrogens (tertiary/aromatic N) is 1.